The summed E-state index contributed by atoms with van der Waals surface area (Å²) < 4.78 is 91.0. The molecule has 1 amide bonds. The highest BCUT2D eigenvalue weighted by atomic mass is 35.6. The van der Waals surface area contributed by atoms with E-state index in [4.69, 9.17) is 73.8 Å². The molecule has 10 nitrogen and oxygen atoms in total. The summed E-state index contributed by atoms with van der Waals surface area (Å²) in [6.45, 7) is 4.28. The van der Waals surface area contributed by atoms with E-state index in [0.29, 0.717) is 25.4 Å². The number of alkyl halides is 3. The third-order valence-corrected chi connectivity index (χ3v) is 10.2. The molecule has 0 aromatic heterocycles. The lowest BCUT2D eigenvalue weighted by molar-refractivity contribution is -0.141. The number of anilines is 1. The van der Waals surface area contributed by atoms with Crippen molar-refractivity contribution in [1.82, 2.24) is 4.90 Å². The molecular formula is C53H62Cl4F6N2O8. The Labute approximate surface area is 445 Å². The predicted octanol–water partition coefficient (Wildman–Crippen LogP) is 15.2. The lowest BCUT2D eigenvalue weighted by atomic mass is 9.87. The zero-order valence-corrected chi connectivity index (χ0v) is 43.0. The zero-order chi connectivity index (χ0) is 54.1. The highest BCUT2D eigenvalue weighted by molar-refractivity contribution is 6.66. The fourth-order valence-corrected chi connectivity index (χ4v) is 6.68. The molecule has 1 N–H and O–H groups in total. The number of piperidine rings is 1. The summed E-state index contributed by atoms with van der Waals surface area (Å²) >= 11 is 19.9. The van der Waals surface area contributed by atoms with Crippen molar-refractivity contribution in [3.05, 3.63) is 120 Å². The number of phenolic OH excluding ortho intramolecular Hbond substituents is 1. The smallest absolute Gasteiger partial charge is 0.415 e. The maximum Gasteiger partial charge on any atom is 0.415 e. The topological polar surface area (TPSA) is 115 Å². The Kier molecular flexibility index (Phi) is 35.3. The second kappa shape index (κ2) is 38.1. The van der Waals surface area contributed by atoms with Crippen LogP contribution in [0.2, 0.25) is 0 Å². The van der Waals surface area contributed by atoms with Gasteiger partial charge in [-0.2, -0.15) is 0 Å². The normalized spacial score (nSPS) is 13.7. The van der Waals surface area contributed by atoms with Crippen molar-refractivity contribution in [1.29, 1.82) is 0 Å². The molecule has 20 heteroatoms. The van der Waals surface area contributed by atoms with E-state index in [0.717, 1.165) is 93.8 Å². The van der Waals surface area contributed by atoms with E-state index >= 15 is 0 Å². The van der Waals surface area contributed by atoms with Gasteiger partial charge in [0.2, 0.25) is 0 Å². The van der Waals surface area contributed by atoms with E-state index in [2.05, 4.69) is 38.3 Å². The molecule has 0 atom stereocenters. The minimum Gasteiger partial charge on any atom is -0.508 e. The third-order valence-electron chi connectivity index (χ3n) is 9.86. The van der Waals surface area contributed by atoms with Crippen LogP contribution in [0.25, 0.3) is 0 Å². The van der Waals surface area contributed by atoms with Crippen molar-refractivity contribution in [2.45, 2.75) is 89.0 Å². The minimum atomic E-state index is -1.91. The molecule has 4 aromatic carbocycles. The number of halogens is 10. The number of amides is 1. The number of para-hydroxylation sites is 1. The van der Waals surface area contributed by atoms with Gasteiger partial charge in [0, 0.05) is 95.7 Å². The summed E-state index contributed by atoms with van der Waals surface area (Å²) in [5, 5.41) is 8.53. The van der Waals surface area contributed by atoms with Crippen LogP contribution < -0.4 is 14.4 Å². The van der Waals surface area contributed by atoms with Crippen LogP contribution in [0.5, 0.6) is 17.2 Å². The molecule has 7 rings (SSSR count). The lowest BCUT2D eigenvalue weighted by Gasteiger charge is -2.30. The number of hydrogen-bond donors (Lipinski definition) is 1. The van der Waals surface area contributed by atoms with Crippen molar-refractivity contribution >= 4 is 69.6 Å². The van der Waals surface area contributed by atoms with Crippen molar-refractivity contribution in [3.8, 4) is 41.9 Å². The van der Waals surface area contributed by atoms with Crippen LogP contribution in [0.15, 0.2) is 84.9 Å². The molecule has 4 aromatic rings. The number of carbonyl (C=O) groups is 3. The van der Waals surface area contributed by atoms with Crippen molar-refractivity contribution < 1.29 is 64.8 Å². The average molecular weight is 1110 g/mol. The molecule has 1 aliphatic carbocycles. The Balaban J connectivity index is 0.000000861. The van der Waals surface area contributed by atoms with Crippen LogP contribution in [-0.2, 0) is 14.3 Å². The quantitative estimate of drug-likeness (QED) is 0.0686. The van der Waals surface area contributed by atoms with E-state index in [1.165, 1.54) is 56.7 Å². The Morgan fingerprint density at radius 1 is 0.685 bits per heavy atom. The summed E-state index contributed by atoms with van der Waals surface area (Å²) in [5.41, 5.74) is 0.151. The fourth-order valence-electron chi connectivity index (χ4n) is 6.27. The molecule has 0 spiro atoms. The number of carbonyl (C=O) groups excluding carboxylic acids is 3. The van der Waals surface area contributed by atoms with Crippen molar-refractivity contribution in [3.63, 3.8) is 0 Å². The number of ether oxygens (including phenoxy) is 4. The summed E-state index contributed by atoms with van der Waals surface area (Å²) in [6.07, 6.45) is 22.9. The van der Waals surface area contributed by atoms with E-state index in [1.807, 2.05) is 32.3 Å². The van der Waals surface area contributed by atoms with Gasteiger partial charge in [0.25, 0.3) is 0 Å². The maximum atomic E-state index is 13.0. The van der Waals surface area contributed by atoms with Gasteiger partial charge in [0.1, 0.15) is 17.2 Å². The first kappa shape index (κ1) is 67.5. The first-order chi connectivity index (χ1) is 34.0. The van der Waals surface area contributed by atoms with Gasteiger partial charge in [-0.05, 0) is 134 Å². The van der Waals surface area contributed by atoms with E-state index in [-0.39, 0.29) is 24.7 Å². The number of likely N-dealkylation sites (tertiary alicyclic amines) is 1. The Hall–Kier alpha value is -5.49. The molecule has 402 valence electrons. The minimum absolute atomic E-state index is 0. The largest absolute Gasteiger partial charge is 0.508 e. The SMILES string of the molecule is C.C#CCC1CCCCC1.C#CCC1CCN(C(=O)Oc2ccc(F)c(F)c2)CC1.C1CCOC1.CC(=O)OC(Cl)(Cl)Cl.CN(C)c1ccccc1.O=C(Cl)Oc1ccc(F)c(F)c1.Oc1ccc(F)c(F)c1. The third kappa shape index (κ3) is 33.1. The number of esters is 1. The number of nitrogens with zero attached hydrogens (tertiary/aromatic N) is 2. The van der Waals surface area contributed by atoms with Crippen molar-refractivity contribution in [2.75, 3.05) is 45.3 Å². The Morgan fingerprint density at radius 3 is 1.48 bits per heavy atom. The monoisotopic (exact) mass is 1110 g/mol. The van der Waals surface area contributed by atoms with Crippen LogP contribution in [0, 0.1) is 71.4 Å². The average Bonchev–Trinajstić information content (AvgIpc) is 3.93. The molecule has 2 saturated heterocycles. The van der Waals surface area contributed by atoms with Gasteiger partial charge in [-0.3, -0.25) is 4.79 Å². The van der Waals surface area contributed by atoms with Gasteiger partial charge in [-0.25, -0.2) is 35.9 Å². The molecular weight excluding hydrogens is 1050 g/mol. The van der Waals surface area contributed by atoms with Crippen LogP contribution in [0.3, 0.4) is 0 Å². The van der Waals surface area contributed by atoms with Gasteiger partial charge >= 0.3 is 21.5 Å². The van der Waals surface area contributed by atoms with E-state index in [9.17, 15) is 40.7 Å². The molecule has 0 bridgehead atoms. The van der Waals surface area contributed by atoms with Crippen molar-refractivity contribution in [2.24, 2.45) is 11.8 Å². The van der Waals surface area contributed by atoms with Gasteiger partial charge in [0.05, 0.1) is 0 Å². The number of hydrogen-bond acceptors (Lipinski definition) is 9. The van der Waals surface area contributed by atoms with Crippen LogP contribution in [0.4, 0.5) is 41.6 Å². The summed E-state index contributed by atoms with van der Waals surface area (Å²) in [5.74, 6) is -0.457. The number of benzene rings is 4. The maximum absolute atomic E-state index is 13.0. The molecule has 1 saturated carbocycles. The summed E-state index contributed by atoms with van der Waals surface area (Å²) in [6, 6.07) is 18.6. The predicted molar refractivity (Wildman–Crippen MR) is 276 cm³/mol. The molecule has 3 fully saturated rings. The van der Waals surface area contributed by atoms with Gasteiger partial charge in [-0.1, -0.05) is 44.9 Å². The first-order valence-corrected chi connectivity index (χ1v) is 23.9. The summed E-state index contributed by atoms with van der Waals surface area (Å²) in [7, 11) is 4.07. The highest BCUT2D eigenvalue weighted by Gasteiger charge is 2.24. The zero-order valence-electron chi connectivity index (χ0n) is 40.0. The lowest BCUT2D eigenvalue weighted by Crippen LogP contribution is -2.40. The Morgan fingerprint density at radius 2 is 1.14 bits per heavy atom. The number of terminal acetylenes is 2. The van der Waals surface area contributed by atoms with E-state index < -0.39 is 56.4 Å². The van der Waals surface area contributed by atoms with Gasteiger partial charge in [-0.15, -0.1) is 24.7 Å². The first-order valence-electron chi connectivity index (χ1n) is 22.4. The van der Waals surface area contributed by atoms with Gasteiger partial charge < -0.3 is 33.9 Å². The molecule has 0 unspecified atom stereocenters. The van der Waals surface area contributed by atoms with Crippen LogP contribution in [-0.4, -0.2) is 71.9 Å². The van der Waals surface area contributed by atoms with E-state index in [1.54, 1.807) is 4.90 Å². The highest BCUT2D eigenvalue weighted by Crippen LogP contribution is 2.27. The van der Waals surface area contributed by atoms with Crippen LogP contribution in [0.1, 0.15) is 85.0 Å². The molecule has 3 aliphatic rings. The number of phenols is 1. The molecule has 73 heavy (non-hydrogen) atoms. The standard InChI is InChI=1S/C15H15F2NO2.C9H14.C8H11N.C7H3ClF2O2.C6H4F2O.C4H8O.C3H3Cl3O2.CH4/c1-2-3-11-6-8-18(9-7-11)15(19)20-12-4-5-13(16)14(17)10-12;1-2-6-9-7-4-3-5-8-9;1-9(2)8-6-4-3-5-7-8;8-7(11)12-4-1-2-5(9)6(10)3-4;7-5-2-1-4(9)3-6(5)8;1-2-4-5-3-1;1-2(7)8-3(4,5)6;/h1,4-5,10-11H,3,6-9H2;1,9H,3-8H2;3-7H,1-2H3;1-3H;1-3,9H;1-4H2;1H3;1H4. The number of rotatable bonds is 5. The molecule has 2 heterocycles. The Bertz CT molecular complexity index is 2290. The second-order valence-electron chi connectivity index (χ2n) is 15.8. The number of aromatic hydroxyl groups is 1. The summed E-state index contributed by atoms with van der Waals surface area (Å²) in [4.78, 5) is 35.6. The molecule has 0 radical (unpaired) electrons. The second-order valence-corrected chi connectivity index (χ2v) is 18.3. The fraction of sp³-hybridized carbons (Fsp3) is 0.415. The van der Waals surface area contributed by atoms with Crippen LogP contribution >= 0.6 is 46.4 Å². The van der Waals surface area contributed by atoms with Gasteiger partial charge in [0.15, 0.2) is 34.9 Å². The molecule has 2 aliphatic heterocycles.